The molecule has 0 spiro atoms. The summed E-state index contributed by atoms with van der Waals surface area (Å²) in [6.45, 7) is -0.226. The molecule has 0 aliphatic carbocycles. The quantitative estimate of drug-likeness (QED) is 0.557. The second-order valence-electron chi connectivity index (χ2n) is 6.26. The molecule has 1 amide bonds. The van der Waals surface area contributed by atoms with E-state index in [9.17, 15) is 17.6 Å². The Morgan fingerprint density at radius 1 is 1.07 bits per heavy atom. The summed E-state index contributed by atoms with van der Waals surface area (Å²) in [4.78, 5) is 12.3. The Morgan fingerprint density at radius 3 is 2.38 bits per heavy atom. The van der Waals surface area contributed by atoms with Crippen molar-refractivity contribution in [2.75, 3.05) is 13.6 Å². The largest absolute Gasteiger partial charge is 0.459 e. The van der Waals surface area contributed by atoms with Crippen LogP contribution in [-0.2, 0) is 21.4 Å². The number of carbonyl (C=O) groups excluding carboxylic acids is 1. The van der Waals surface area contributed by atoms with Crippen LogP contribution in [0.2, 0.25) is 0 Å². The first-order valence-corrected chi connectivity index (χ1v) is 10.8. The summed E-state index contributed by atoms with van der Waals surface area (Å²) < 4.78 is 45.4. The minimum atomic E-state index is -3.77. The fourth-order valence-electron chi connectivity index (χ4n) is 2.56. The van der Waals surface area contributed by atoms with Crippen LogP contribution >= 0.6 is 15.9 Å². The van der Waals surface area contributed by atoms with Crippen molar-refractivity contribution in [1.82, 2.24) is 9.62 Å². The number of halogens is 2. The van der Waals surface area contributed by atoms with Gasteiger partial charge in [-0.2, -0.15) is 4.31 Å². The number of sulfonamides is 1. The molecule has 29 heavy (non-hydrogen) atoms. The summed E-state index contributed by atoms with van der Waals surface area (Å²) in [6.07, 6.45) is 0. The average Bonchev–Trinajstić information content (AvgIpc) is 3.16. The molecule has 1 heterocycles. The molecule has 0 radical (unpaired) electrons. The van der Waals surface area contributed by atoms with E-state index < -0.39 is 15.9 Å². The van der Waals surface area contributed by atoms with Crippen LogP contribution in [0.4, 0.5) is 4.39 Å². The molecule has 152 valence electrons. The van der Waals surface area contributed by atoms with E-state index in [-0.39, 0.29) is 23.8 Å². The minimum absolute atomic E-state index is 0.103. The molecule has 1 N–H and O–H groups in total. The highest BCUT2D eigenvalue weighted by atomic mass is 79.9. The van der Waals surface area contributed by atoms with Gasteiger partial charge < -0.3 is 9.73 Å². The van der Waals surface area contributed by atoms with Gasteiger partial charge in [0.1, 0.15) is 17.3 Å². The number of nitrogens with zero attached hydrogens (tertiary/aromatic N) is 1. The highest BCUT2D eigenvalue weighted by Gasteiger charge is 2.22. The van der Waals surface area contributed by atoms with Crippen LogP contribution in [0.25, 0.3) is 11.3 Å². The highest BCUT2D eigenvalue weighted by Crippen LogP contribution is 2.22. The predicted molar refractivity (Wildman–Crippen MR) is 110 cm³/mol. The number of hydrogen-bond acceptors (Lipinski definition) is 4. The van der Waals surface area contributed by atoms with Crippen molar-refractivity contribution in [2.24, 2.45) is 0 Å². The molecule has 0 aliphatic rings. The van der Waals surface area contributed by atoms with Gasteiger partial charge in [0.2, 0.25) is 15.9 Å². The third-order valence-corrected chi connectivity index (χ3v) is 6.48. The third kappa shape index (κ3) is 5.31. The van der Waals surface area contributed by atoms with Crippen molar-refractivity contribution < 1.29 is 22.0 Å². The number of rotatable bonds is 7. The van der Waals surface area contributed by atoms with E-state index in [0.717, 1.165) is 8.78 Å². The van der Waals surface area contributed by atoms with Crippen molar-refractivity contribution in [3.63, 3.8) is 0 Å². The Labute approximate surface area is 176 Å². The fourth-order valence-corrected chi connectivity index (χ4v) is 3.95. The van der Waals surface area contributed by atoms with Crippen LogP contribution in [-0.4, -0.2) is 32.2 Å². The Hall–Kier alpha value is -2.49. The average molecular weight is 481 g/mol. The van der Waals surface area contributed by atoms with Crippen molar-refractivity contribution >= 4 is 31.9 Å². The van der Waals surface area contributed by atoms with Crippen LogP contribution in [0.5, 0.6) is 0 Å². The van der Waals surface area contributed by atoms with Crippen molar-refractivity contribution in [3.05, 3.63) is 76.7 Å². The molecule has 0 unspecified atom stereocenters. The molecule has 2 aromatic carbocycles. The summed E-state index contributed by atoms with van der Waals surface area (Å²) >= 11 is 3.25. The second kappa shape index (κ2) is 8.89. The van der Waals surface area contributed by atoms with Crippen LogP contribution in [0.1, 0.15) is 5.76 Å². The van der Waals surface area contributed by atoms with Gasteiger partial charge in [-0.1, -0.05) is 15.9 Å². The number of likely N-dealkylation sites (N-methyl/N-ethyl adjacent to an activating group) is 1. The maximum Gasteiger partial charge on any atom is 0.243 e. The second-order valence-corrected chi connectivity index (χ2v) is 9.23. The van der Waals surface area contributed by atoms with Crippen LogP contribution in [0.3, 0.4) is 0 Å². The van der Waals surface area contributed by atoms with Gasteiger partial charge in [-0.15, -0.1) is 0 Å². The number of carbonyl (C=O) groups is 1. The summed E-state index contributed by atoms with van der Waals surface area (Å²) in [5.74, 6) is 0.239. The topological polar surface area (TPSA) is 79.6 Å². The van der Waals surface area contributed by atoms with Gasteiger partial charge in [-0.3, -0.25) is 4.79 Å². The zero-order chi connectivity index (χ0) is 21.0. The monoisotopic (exact) mass is 480 g/mol. The molecular weight excluding hydrogens is 463 g/mol. The Bertz CT molecular complexity index is 1100. The van der Waals surface area contributed by atoms with Gasteiger partial charge in [0.15, 0.2) is 0 Å². The summed E-state index contributed by atoms with van der Waals surface area (Å²) in [6, 6.07) is 15.5. The van der Waals surface area contributed by atoms with Crippen molar-refractivity contribution in [1.29, 1.82) is 0 Å². The molecule has 3 aromatic rings. The van der Waals surface area contributed by atoms with Gasteiger partial charge in [0, 0.05) is 17.1 Å². The molecule has 6 nitrogen and oxygen atoms in total. The predicted octanol–water partition coefficient (Wildman–Crippen LogP) is 3.79. The number of benzene rings is 2. The van der Waals surface area contributed by atoms with Gasteiger partial charge in [0.05, 0.1) is 18.0 Å². The number of amides is 1. The maximum atomic E-state index is 13.0. The van der Waals surface area contributed by atoms with E-state index >= 15 is 0 Å². The summed E-state index contributed by atoms with van der Waals surface area (Å²) in [7, 11) is -2.43. The molecule has 0 saturated carbocycles. The SMILES string of the molecule is CN(CC(=O)NCc1ccc(-c2ccc(F)cc2)o1)S(=O)(=O)c1ccc(Br)cc1. The fraction of sp³-hybridized carbons (Fsp3) is 0.150. The lowest BCUT2D eigenvalue weighted by atomic mass is 10.2. The smallest absolute Gasteiger partial charge is 0.243 e. The zero-order valence-electron chi connectivity index (χ0n) is 15.4. The van der Waals surface area contributed by atoms with E-state index in [1.807, 2.05) is 0 Å². The van der Waals surface area contributed by atoms with Gasteiger partial charge in [-0.05, 0) is 60.7 Å². The third-order valence-electron chi connectivity index (χ3n) is 4.14. The Balaban J connectivity index is 1.57. The molecule has 1 aromatic heterocycles. The van der Waals surface area contributed by atoms with E-state index in [4.69, 9.17) is 4.42 Å². The van der Waals surface area contributed by atoms with Crippen LogP contribution < -0.4 is 5.32 Å². The lowest BCUT2D eigenvalue weighted by molar-refractivity contribution is -0.121. The zero-order valence-corrected chi connectivity index (χ0v) is 17.8. The highest BCUT2D eigenvalue weighted by molar-refractivity contribution is 9.10. The molecule has 0 saturated heterocycles. The summed E-state index contributed by atoms with van der Waals surface area (Å²) in [5, 5.41) is 2.63. The minimum Gasteiger partial charge on any atom is -0.459 e. The van der Waals surface area contributed by atoms with E-state index in [2.05, 4.69) is 21.2 Å². The molecule has 0 aliphatic heterocycles. The van der Waals surface area contributed by atoms with E-state index in [1.54, 1.807) is 36.4 Å². The van der Waals surface area contributed by atoms with Crippen LogP contribution in [0, 0.1) is 5.82 Å². The normalized spacial score (nSPS) is 11.6. The molecule has 9 heteroatoms. The maximum absolute atomic E-state index is 13.0. The van der Waals surface area contributed by atoms with Crippen LogP contribution in [0.15, 0.2) is 74.4 Å². The number of hydrogen-bond donors (Lipinski definition) is 1. The molecular formula is C20H18BrFN2O4S. The Morgan fingerprint density at radius 2 is 1.72 bits per heavy atom. The lowest BCUT2D eigenvalue weighted by Gasteiger charge is -2.16. The number of nitrogens with one attached hydrogen (secondary N) is 1. The summed E-state index contributed by atoms with van der Waals surface area (Å²) in [5.41, 5.74) is 0.712. The van der Waals surface area contributed by atoms with Crippen molar-refractivity contribution in [2.45, 2.75) is 11.4 Å². The number of furan rings is 1. The van der Waals surface area contributed by atoms with Gasteiger partial charge in [0.25, 0.3) is 0 Å². The molecule has 0 fully saturated rings. The molecule has 3 rings (SSSR count). The van der Waals surface area contributed by atoms with E-state index in [1.165, 1.54) is 31.3 Å². The standard InChI is InChI=1S/C20H18BrFN2O4S/c1-24(29(26,27)18-9-4-15(21)5-10-18)13-20(25)23-12-17-8-11-19(28-17)14-2-6-16(22)7-3-14/h2-11H,12-13H2,1H3,(H,23,25). The van der Waals surface area contributed by atoms with E-state index in [0.29, 0.717) is 17.1 Å². The first kappa shape index (κ1) is 21.2. The lowest BCUT2D eigenvalue weighted by Crippen LogP contribution is -2.38. The molecule has 0 bridgehead atoms. The van der Waals surface area contributed by atoms with Crippen molar-refractivity contribution in [3.8, 4) is 11.3 Å². The first-order chi connectivity index (χ1) is 13.8. The molecule has 0 atom stereocenters. The van der Waals surface area contributed by atoms with Gasteiger partial charge in [-0.25, -0.2) is 12.8 Å². The Kier molecular flexibility index (Phi) is 6.51. The first-order valence-electron chi connectivity index (χ1n) is 8.59. The van der Waals surface area contributed by atoms with Gasteiger partial charge >= 0.3 is 0 Å².